The van der Waals surface area contributed by atoms with Gasteiger partial charge < -0.3 is 9.64 Å². The highest BCUT2D eigenvalue weighted by Crippen LogP contribution is 2.67. The Morgan fingerprint density at radius 3 is 2.47 bits per heavy atom. The Kier molecular flexibility index (Phi) is 6.55. The maximum Gasteiger partial charge on any atom is 0.303 e. The third-order valence-electron chi connectivity index (χ3n) is 9.56. The van der Waals surface area contributed by atoms with Crippen molar-refractivity contribution in [3.63, 3.8) is 0 Å². The first-order valence-corrected chi connectivity index (χ1v) is 14.3. The fourth-order valence-corrected chi connectivity index (χ4v) is 8.44. The zero-order chi connectivity index (χ0) is 25.8. The smallest absolute Gasteiger partial charge is 0.303 e. The summed E-state index contributed by atoms with van der Waals surface area (Å²) in [5, 5.41) is 0.179. The van der Waals surface area contributed by atoms with E-state index in [1.54, 1.807) is 0 Å². The summed E-state index contributed by atoms with van der Waals surface area (Å²) in [4.78, 5) is 40.2. The topological polar surface area (TPSA) is 63.7 Å². The van der Waals surface area contributed by atoms with E-state index in [-0.39, 0.29) is 34.7 Å². The highest BCUT2D eigenvalue weighted by atomic mass is 79.9. The van der Waals surface area contributed by atoms with Crippen molar-refractivity contribution in [1.82, 2.24) is 0 Å². The predicted octanol–water partition coefficient (Wildman–Crippen LogP) is 5.92. The molecule has 0 saturated heterocycles. The number of allylic oxidation sites excluding steroid dienone is 4. The Labute approximate surface area is 222 Å². The number of carbonyl (C=O) groups excluding carboxylic acids is 3. The Morgan fingerprint density at radius 2 is 1.83 bits per heavy atom. The molecule has 4 aliphatic carbocycles. The molecule has 0 unspecified atom stereocenters. The van der Waals surface area contributed by atoms with Crippen molar-refractivity contribution in [2.75, 3.05) is 24.3 Å². The van der Waals surface area contributed by atoms with E-state index in [9.17, 15) is 14.4 Å². The summed E-state index contributed by atoms with van der Waals surface area (Å²) in [6, 6.07) is 8.75. The molecule has 6 heteroatoms. The van der Waals surface area contributed by atoms with Crippen LogP contribution in [-0.2, 0) is 19.1 Å². The van der Waals surface area contributed by atoms with E-state index in [0.29, 0.717) is 18.8 Å². The van der Waals surface area contributed by atoms with E-state index >= 15 is 0 Å². The Bertz CT molecular complexity index is 1170. The number of hydrogen-bond acceptors (Lipinski definition) is 5. The number of benzene rings is 1. The minimum Gasteiger partial charge on any atom is -0.451 e. The van der Waals surface area contributed by atoms with Crippen LogP contribution in [0.5, 0.6) is 0 Å². The van der Waals surface area contributed by atoms with Crippen LogP contribution >= 0.6 is 15.9 Å². The van der Waals surface area contributed by atoms with Crippen LogP contribution in [0, 0.1) is 17.3 Å². The number of Topliss-reactive ketones (excluding diaryl/α,β-unsaturated/α-hetero) is 1. The van der Waals surface area contributed by atoms with Crippen molar-refractivity contribution >= 4 is 39.2 Å². The lowest BCUT2D eigenvalue weighted by molar-refractivity contribution is -0.182. The van der Waals surface area contributed by atoms with Crippen molar-refractivity contribution in [2.24, 2.45) is 17.3 Å². The fraction of sp³-hybridized carbons (Fsp3) is 0.567. The molecule has 1 aromatic rings. The first kappa shape index (κ1) is 25.4. The van der Waals surface area contributed by atoms with Crippen molar-refractivity contribution in [3.8, 4) is 0 Å². The maximum atomic E-state index is 13.5. The van der Waals surface area contributed by atoms with Crippen LogP contribution in [0.3, 0.4) is 0 Å². The summed E-state index contributed by atoms with van der Waals surface area (Å²) in [6.07, 6.45) is 7.34. The first-order chi connectivity index (χ1) is 17.1. The largest absolute Gasteiger partial charge is 0.451 e. The van der Waals surface area contributed by atoms with Gasteiger partial charge in [-0.25, -0.2) is 0 Å². The lowest BCUT2D eigenvalue weighted by Gasteiger charge is -2.55. The summed E-state index contributed by atoms with van der Waals surface area (Å²) in [5.74, 6) is 0.526. The number of carbonyl (C=O) groups is 3. The molecule has 0 radical (unpaired) electrons. The Hall–Kier alpha value is -2.21. The molecule has 2 saturated carbocycles. The van der Waals surface area contributed by atoms with Crippen molar-refractivity contribution < 1.29 is 19.1 Å². The van der Waals surface area contributed by atoms with Gasteiger partial charge in [-0.2, -0.15) is 0 Å². The summed E-state index contributed by atoms with van der Waals surface area (Å²) >= 11 is 3.40. The normalized spacial score (nSPS) is 33.3. The number of alkyl halides is 1. The van der Waals surface area contributed by atoms with Gasteiger partial charge in [0.15, 0.2) is 17.2 Å². The minimum absolute atomic E-state index is 0.0276. The number of anilines is 1. The number of esters is 1. The van der Waals surface area contributed by atoms with E-state index < -0.39 is 11.0 Å². The molecule has 5 nitrogen and oxygen atoms in total. The van der Waals surface area contributed by atoms with Crippen molar-refractivity contribution in [2.45, 2.75) is 70.3 Å². The molecule has 5 atom stereocenters. The zero-order valence-corrected chi connectivity index (χ0v) is 23.3. The van der Waals surface area contributed by atoms with Gasteiger partial charge in [0.25, 0.3) is 0 Å². The number of hydrogen-bond donors (Lipinski definition) is 0. The average Bonchev–Trinajstić information content (AvgIpc) is 3.14. The summed E-state index contributed by atoms with van der Waals surface area (Å²) in [5.41, 5.74) is 4.89. The van der Waals surface area contributed by atoms with Gasteiger partial charge in [-0.15, -0.1) is 0 Å². The quantitative estimate of drug-likeness (QED) is 0.334. The summed E-state index contributed by atoms with van der Waals surface area (Å²) in [7, 11) is 4.08. The Balaban J connectivity index is 1.69. The predicted molar refractivity (Wildman–Crippen MR) is 144 cm³/mol. The van der Waals surface area contributed by atoms with E-state index in [2.05, 4.69) is 52.0 Å². The molecule has 0 spiro atoms. The zero-order valence-electron chi connectivity index (χ0n) is 21.7. The monoisotopic (exact) mass is 553 g/mol. The van der Waals surface area contributed by atoms with E-state index in [1.165, 1.54) is 29.2 Å². The molecule has 0 aromatic heterocycles. The molecule has 5 rings (SSSR count). The van der Waals surface area contributed by atoms with Crippen LogP contribution in [0.1, 0.15) is 70.3 Å². The molecule has 1 aromatic carbocycles. The maximum absolute atomic E-state index is 13.5. The molecule has 192 valence electrons. The molecule has 0 amide bonds. The van der Waals surface area contributed by atoms with Crippen molar-refractivity contribution in [3.05, 3.63) is 52.6 Å². The number of ketones is 2. The lowest BCUT2D eigenvalue weighted by Crippen LogP contribution is -2.58. The van der Waals surface area contributed by atoms with Crippen LogP contribution < -0.4 is 4.90 Å². The highest BCUT2D eigenvalue weighted by Gasteiger charge is 2.67. The van der Waals surface area contributed by atoms with E-state index in [0.717, 1.165) is 37.8 Å². The molecule has 0 N–H and O–H groups in total. The fourth-order valence-electron chi connectivity index (χ4n) is 7.99. The van der Waals surface area contributed by atoms with Gasteiger partial charge in [0, 0.05) is 44.5 Å². The van der Waals surface area contributed by atoms with Crippen LogP contribution in [0.2, 0.25) is 0 Å². The molecule has 2 fully saturated rings. The van der Waals surface area contributed by atoms with Gasteiger partial charge in [-0.1, -0.05) is 40.6 Å². The SMILES string of the molecule is CC(=O)O[C@]1(C(=O)CBr)CC[C@H]2[C@@H]3CCC4=CC(=O)CCC4=C3[C@@H](c3ccc(N(C)C)cc3)C[C@@]21C. The summed E-state index contributed by atoms with van der Waals surface area (Å²) in [6.45, 7) is 3.62. The van der Waals surface area contributed by atoms with E-state index in [1.807, 2.05) is 20.2 Å². The second-order valence-electron chi connectivity index (χ2n) is 11.5. The van der Waals surface area contributed by atoms with Crippen LogP contribution in [0.4, 0.5) is 5.69 Å². The minimum atomic E-state index is -1.11. The van der Waals surface area contributed by atoms with E-state index in [4.69, 9.17) is 4.74 Å². The number of rotatable bonds is 5. The third-order valence-corrected chi connectivity index (χ3v) is 10.1. The number of halogens is 1. The van der Waals surface area contributed by atoms with Crippen LogP contribution in [0.15, 0.2) is 47.1 Å². The molecule has 0 heterocycles. The van der Waals surface area contributed by atoms with Gasteiger partial charge in [0.2, 0.25) is 0 Å². The van der Waals surface area contributed by atoms with Crippen LogP contribution in [-0.4, -0.2) is 42.6 Å². The van der Waals surface area contributed by atoms with Crippen molar-refractivity contribution in [1.29, 1.82) is 0 Å². The first-order valence-electron chi connectivity index (χ1n) is 13.1. The third kappa shape index (κ3) is 3.82. The molecule has 0 aliphatic heterocycles. The van der Waals surface area contributed by atoms with Gasteiger partial charge in [0.1, 0.15) is 0 Å². The van der Waals surface area contributed by atoms with Gasteiger partial charge in [-0.3, -0.25) is 14.4 Å². The van der Waals surface area contributed by atoms with Gasteiger partial charge in [-0.05, 0) is 85.3 Å². The molecule has 36 heavy (non-hydrogen) atoms. The average molecular weight is 555 g/mol. The van der Waals surface area contributed by atoms with Crippen LogP contribution in [0.25, 0.3) is 0 Å². The molecular weight excluding hydrogens is 518 g/mol. The standard InChI is InChI=1S/C30H36BrNO4/c1-18(33)36-30(27(35)17-31)14-13-26-24-11-7-20-15-22(34)10-12-23(20)28(24)25(16-29(26,30)2)19-5-8-21(9-6-19)32(3)4/h5-6,8-9,15,24-26H,7,10-14,16-17H2,1-4H3/t24-,25+,26-,29-,30-/m0/s1. The summed E-state index contributed by atoms with van der Waals surface area (Å²) < 4.78 is 6.06. The second kappa shape index (κ2) is 9.27. The Morgan fingerprint density at radius 1 is 1.11 bits per heavy atom. The number of fused-ring (bicyclic) bond motifs is 4. The molecule has 0 bridgehead atoms. The molecule has 4 aliphatic rings. The number of ether oxygens (including phenoxy) is 1. The molecular formula is C30H36BrNO4. The lowest BCUT2D eigenvalue weighted by atomic mass is 9.50. The van der Waals surface area contributed by atoms with Gasteiger partial charge >= 0.3 is 5.97 Å². The number of nitrogens with zero attached hydrogens (tertiary/aromatic N) is 1. The highest BCUT2D eigenvalue weighted by molar-refractivity contribution is 9.09. The second-order valence-corrected chi connectivity index (χ2v) is 12.1. The van der Waals surface area contributed by atoms with Gasteiger partial charge in [0.05, 0.1) is 5.33 Å².